The van der Waals surface area contributed by atoms with Crippen molar-refractivity contribution in [3.63, 3.8) is 0 Å². The number of furan rings is 1. The molecule has 2 heterocycles. The first-order chi connectivity index (χ1) is 10.3. The predicted molar refractivity (Wildman–Crippen MR) is 79.7 cm³/mol. The van der Waals surface area contributed by atoms with Gasteiger partial charge in [-0.3, -0.25) is 4.68 Å². The Morgan fingerprint density at radius 2 is 1.90 bits per heavy atom. The van der Waals surface area contributed by atoms with Crippen LogP contribution in [0.25, 0.3) is 0 Å². The molecule has 3 aromatic rings. The van der Waals surface area contributed by atoms with E-state index in [4.69, 9.17) is 9.52 Å². The van der Waals surface area contributed by atoms with Crippen LogP contribution in [0.15, 0.2) is 59.3 Å². The third-order valence-electron chi connectivity index (χ3n) is 3.20. The molecule has 2 aromatic heterocycles. The molecule has 5 heteroatoms. The van der Waals surface area contributed by atoms with Gasteiger partial charge in [0.15, 0.2) is 0 Å². The van der Waals surface area contributed by atoms with Crippen molar-refractivity contribution in [3.05, 3.63) is 71.9 Å². The van der Waals surface area contributed by atoms with Crippen LogP contribution in [0.4, 0.5) is 5.69 Å². The van der Waals surface area contributed by atoms with E-state index in [-0.39, 0.29) is 6.61 Å². The van der Waals surface area contributed by atoms with E-state index in [1.165, 1.54) is 5.56 Å². The standard InChI is InChI=1S/C16H17N3O2/c20-12-16-7-6-15(21-16)10-17-14-4-2-13(3-5-14)11-19-9-1-8-18-19/h1-9,17,20H,10-12H2. The molecule has 0 radical (unpaired) electrons. The Kier molecular flexibility index (Phi) is 4.02. The zero-order valence-electron chi connectivity index (χ0n) is 11.6. The van der Waals surface area contributed by atoms with Crippen LogP contribution in [0.1, 0.15) is 17.1 Å². The Balaban J connectivity index is 1.56. The molecule has 3 rings (SSSR count). The first kappa shape index (κ1) is 13.5. The summed E-state index contributed by atoms with van der Waals surface area (Å²) in [6.45, 7) is 1.30. The first-order valence-corrected chi connectivity index (χ1v) is 6.82. The number of hydrogen-bond acceptors (Lipinski definition) is 4. The number of benzene rings is 1. The molecule has 0 aliphatic rings. The van der Waals surface area contributed by atoms with E-state index in [0.717, 1.165) is 18.0 Å². The molecule has 0 atom stereocenters. The number of nitrogens with zero attached hydrogens (tertiary/aromatic N) is 2. The van der Waals surface area contributed by atoms with Gasteiger partial charge in [0.25, 0.3) is 0 Å². The highest BCUT2D eigenvalue weighted by Crippen LogP contribution is 2.13. The molecule has 0 fully saturated rings. The third kappa shape index (κ3) is 3.52. The number of aliphatic hydroxyl groups is 1. The topological polar surface area (TPSA) is 63.2 Å². The molecule has 0 aliphatic heterocycles. The normalized spacial score (nSPS) is 10.7. The lowest BCUT2D eigenvalue weighted by Crippen LogP contribution is -2.01. The largest absolute Gasteiger partial charge is 0.462 e. The van der Waals surface area contributed by atoms with Crippen LogP contribution in [-0.2, 0) is 19.7 Å². The van der Waals surface area contributed by atoms with E-state index >= 15 is 0 Å². The van der Waals surface area contributed by atoms with Gasteiger partial charge in [0.1, 0.15) is 18.1 Å². The lowest BCUT2D eigenvalue weighted by Gasteiger charge is -2.06. The number of hydrogen-bond donors (Lipinski definition) is 2. The van der Waals surface area contributed by atoms with Crippen LogP contribution in [0, 0.1) is 0 Å². The number of aromatic nitrogens is 2. The van der Waals surface area contributed by atoms with Crippen molar-refractivity contribution in [2.45, 2.75) is 19.7 Å². The van der Waals surface area contributed by atoms with Gasteiger partial charge in [-0.1, -0.05) is 12.1 Å². The summed E-state index contributed by atoms with van der Waals surface area (Å²) in [5, 5.41) is 16.4. The monoisotopic (exact) mass is 283 g/mol. The van der Waals surface area contributed by atoms with Gasteiger partial charge in [0.2, 0.25) is 0 Å². The van der Waals surface area contributed by atoms with Crippen molar-refractivity contribution < 1.29 is 9.52 Å². The van der Waals surface area contributed by atoms with E-state index in [1.54, 1.807) is 12.3 Å². The maximum Gasteiger partial charge on any atom is 0.129 e. The maximum absolute atomic E-state index is 8.95. The van der Waals surface area contributed by atoms with Crippen molar-refractivity contribution in [1.82, 2.24) is 9.78 Å². The van der Waals surface area contributed by atoms with Gasteiger partial charge in [-0.25, -0.2) is 0 Å². The molecule has 108 valence electrons. The first-order valence-electron chi connectivity index (χ1n) is 6.82. The van der Waals surface area contributed by atoms with Crippen LogP contribution in [0.2, 0.25) is 0 Å². The summed E-state index contributed by atoms with van der Waals surface area (Å²) in [5.74, 6) is 1.39. The average molecular weight is 283 g/mol. The van der Waals surface area contributed by atoms with E-state index in [0.29, 0.717) is 12.3 Å². The van der Waals surface area contributed by atoms with Crippen LogP contribution in [-0.4, -0.2) is 14.9 Å². The molecule has 0 aliphatic carbocycles. The smallest absolute Gasteiger partial charge is 0.129 e. The Labute approximate surface area is 122 Å². The second-order valence-corrected chi connectivity index (χ2v) is 4.78. The van der Waals surface area contributed by atoms with Gasteiger partial charge in [0.05, 0.1) is 13.1 Å². The van der Waals surface area contributed by atoms with E-state index < -0.39 is 0 Å². The summed E-state index contributed by atoms with van der Waals surface area (Å²) in [5.41, 5.74) is 2.23. The molecule has 1 aromatic carbocycles. The minimum atomic E-state index is -0.0673. The lowest BCUT2D eigenvalue weighted by molar-refractivity contribution is 0.244. The number of nitrogens with one attached hydrogen (secondary N) is 1. The van der Waals surface area contributed by atoms with Gasteiger partial charge in [-0.05, 0) is 35.9 Å². The Morgan fingerprint density at radius 1 is 1.10 bits per heavy atom. The van der Waals surface area contributed by atoms with Crippen LogP contribution >= 0.6 is 0 Å². The average Bonchev–Trinajstić information content (AvgIpc) is 3.18. The predicted octanol–water partition coefficient (Wildman–Crippen LogP) is 2.63. The van der Waals surface area contributed by atoms with Gasteiger partial charge in [-0.2, -0.15) is 5.10 Å². The minimum Gasteiger partial charge on any atom is -0.462 e. The van der Waals surface area contributed by atoms with Crippen molar-refractivity contribution in [2.24, 2.45) is 0 Å². The third-order valence-corrected chi connectivity index (χ3v) is 3.20. The highest BCUT2D eigenvalue weighted by Gasteiger charge is 2.01. The second kappa shape index (κ2) is 6.28. The fourth-order valence-electron chi connectivity index (χ4n) is 2.10. The van der Waals surface area contributed by atoms with Gasteiger partial charge < -0.3 is 14.8 Å². The molecule has 0 saturated carbocycles. The van der Waals surface area contributed by atoms with Crippen molar-refractivity contribution in [3.8, 4) is 0 Å². The molecule has 0 unspecified atom stereocenters. The van der Waals surface area contributed by atoms with E-state index in [2.05, 4.69) is 22.5 Å². The summed E-state index contributed by atoms with van der Waals surface area (Å²) in [6.07, 6.45) is 3.72. The highest BCUT2D eigenvalue weighted by atomic mass is 16.4. The van der Waals surface area contributed by atoms with Gasteiger partial charge in [-0.15, -0.1) is 0 Å². The fourth-order valence-corrected chi connectivity index (χ4v) is 2.10. The summed E-state index contributed by atoms with van der Waals surface area (Å²) in [4.78, 5) is 0. The Morgan fingerprint density at radius 3 is 2.57 bits per heavy atom. The van der Waals surface area contributed by atoms with Crippen LogP contribution in [0.5, 0.6) is 0 Å². The summed E-state index contributed by atoms with van der Waals surface area (Å²) in [7, 11) is 0. The van der Waals surface area contributed by atoms with Crippen molar-refractivity contribution in [2.75, 3.05) is 5.32 Å². The number of rotatable bonds is 6. The quantitative estimate of drug-likeness (QED) is 0.730. The summed E-state index contributed by atoms with van der Waals surface area (Å²) >= 11 is 0. The maximum atomic E-state index is 8.95. The lowest BCUT2D eigenvalue weighted by atomic mass is 10.2. The Hall–Kier alpha value is -2.53. The molecule has 5 nitrogen and oxygen atoms in total. The van der Waals surface area contributed by atoms with Crippen molar-refractivity contribution >= 4 is 5.69 Å². The van der Waals surface area contributed by atoms with E-state index in [9.17, 15) is 0 Å². The van der Waals surface area contributed by atoms with E-state index in [1.807, 2.05) is 35.1 Å². The minimum absolute atomic E-state index is 0.0673. The SMILES string of the molecule is OCc1ccc(CNc2ccc(Cn3cccn3)cc2)o1. The molecule has 0 spiro atoms. The molecule has 0 bridgehead atoms. The van der Waals surface area contributed by atoms with Gasteiger partial charge >= 0.3 is 0 Å². The molecular weight excluding hydrogens is 266 g/mol. The fraction of sp³-hybridized carbons (Fsp3) is 0.188. The molecule has 0 amide bonds. The summed E-state index contributed by atoms with van der Waals surface area (Å²) in [6, 6.07) is 13.8. The number of anilines is 1. The van der Waals surface area contributed by atoms with Crippen LogP contribution in [0.3, 0.4) is 0 Å². The Bertz CT molecular complexity index is 672. The zero-order valence-corrected chi connectivity index (χ0v) is 11.6. The molecule has 2 N–H and O–H groups in total. The summed E-state index contributed by atoms with van der Waals surface area (Å²) < 4.78 is 7.31. The second-order valence-electron chi connectivity index (χ2n) is 4.78. The van der Waals surface area contributed by atoms with Gasteiger partial charge in [0, 0.05) is 18.1 Å². The highest BCUT2D eigenvalue weighted by molar-refractivity contribution is 5.44. The van der Waals surface area contributed by atoms with Crippen LogP contribution < -0.4 is 5.32 Å². The van der Waals surface area contributed by atoms with Crippen molar-refractivity contribution in [1.29, 1.82) is 0 Å². The zero-order chi connectivity index (χ0) is 14.5. The molecule has 0 saturated heterocycles. The molecular formula is C16H17N3O2. The molecule has 21 heavy (non-hydrogen) atoms. The number of aliphatic hydroxyl groups excluding tert-OH is 1.